The average molecular weight is 176 g/mol. The van der Waals surface area contributed by atoms with Gasteiger partial charge in [-0.25, -0.2) is 0 Å². The first kappa shape index (κ1) is 8.26. The number of carbonyl (C=O) groups is 1. The van der Waals surface area contributed by atoms with Crippen LogP contribution in [0.3, 0.4) is 0 Å². The lowest BCUT2D eigenvalue weighted by atomic mass is 9.90. The lowest BCUT2D eigenvalue weighted by Crippen LogP contribution is -2.60. The Balaban J connectivity index is 2.27. The van der Waals surface area contributed by atoms with Crippen LogP contribution in [0.5, 0.6) is 0 Å². The lowest BCUT2D eigenvalue weighted by Gasteiger charge is -2.35. The molecule has 2 unspecified atom stereocenters. The molecule has 0 spiro atoms. The van der Waals surface area contributed by atoms with Gasteiger partial charge in [0.1, 0.15) is 6.04 Å². The first-order chi connectivity index (χ1) is 6.20. The summed E-state index contributed by atoms with van der Waals surface area (Å²) in [5, 5.41) is 2.79. The zero-order chi connectivity index (χ0) is 9.42. The standard InChI is InChI=1S/C10H12N2O/c1-6-4-2-3-5-7(6)9-8(11)10(13)12-9/h2-5,8-9H,11H2,1H3,(H,12,13). The quantitative estimate of drug-likeness (QED) is 0.612. The average Bonchev–Trinajstić information content (AvgIpc) is 2.15. The van der Waals surface area contributed by atoms with Crippen LogP contribution in [-0.2, 0) is 4.79 Å². The number of rotatable bonds is 1. The van der Waals surface area contributed by atoms with E-state index in [0.29, 0.717) is 0 Å². The molecule has 2 atom stereocenters. The molecule has 1 aliphatic heterocycles. The van der Waals surface area contributed by atoms with Crippen LogP contribution in [0.15, 0.2) is 24.3 Å². The van der Waals surface area contributed by atoms with Crippen molar-refractivity contribution in [3.05, 3.63) is 35.4 Å². The van der Waals surface area contributed by atoms with E-state index in [1.807, 2.05) is 31.2 Å². The molecule has 3 nitrogen and oxygen atoms in total. The van der Waals surface area contributed by atoms with Gasteiger partial charge in [0.25, 0.3) is 0 Å². The molecule has 1 aromatic carbocycles. The fraction of sp³-hybridized carbons (Fsp3) is 0.300. The van der Waals surface area contributed by atoms with Crippen molar-refractivity contribution >= 4 is 5.91 Å². The summed E-state index contributed by atoms with van der Waals surface area (Å²) < 4.78 is 0. The maximum absolute atomic E-state index is 10.9. The van der Waals surface area contributed by atoms with Crippen molar-refractivity contribution in [1.29, 1.82) is 0 Å². The third-order valence-corrected chi connectivity index (χ3v) is 2.48. The predicted molar refractivity (Wildman–Crippen MR) is 50.0 cm³/mol. The zero-order valence-corrected chi connectivity index (χ0v) is 7.45. The van der Waals surface area contributed by atoms with Gasteiger partial charge >= 0.3 is 0 Å². The minimum absolute atomic E-state index is 0.00806. The molecule has 1 heterocycles. The summed E-state index contributed by atoms with van der Waals surface area (Å²) in [5.41, 5.74) is 7.94. The molecule has 3 N–H and O–H groups in total. The maximum atomic E-state index is 10.9. The van der Waals surface area contributed by atoms with Crippen LogP contribution in [0.1, 0.15) is 17.2 Å². The lowest BCUT2D eigenvalue weighted by molar-refractivity contribution is -0.130. The van der Waals surface area contributed by atoms with Gasteiger partial charge < -0.3 is 11.1 Å². The van der Waals surface area contributed by atoms with E-state index in [4.69, 9.17) is 5.73 Å². The number of nitrogens with two attached hydrogens (primary N) is 1. The molecule has 68 valence electrons. The molecule has 0 aliphatic carbocycles. The third-order valence-electron chi connectivity index (χ3n) is 2.48. The summed E-state index contributed by atoms with van der Waals surface area (Å²) in [4.78, 5) is 10.9. The minimum Gasteiger partial charge on any atom is -0.346 e. The third kappa shape index (κ3) is 1.21. The number of carbonyl (C=O) groups excluding carboxylic acids is 1. The first-order valence-electron chi connectivity index (χ1n) is 4.31. The predicted octanol–water partition coefficient (Wildman–Crippen LogP) is 0.493. The van der Waals surface area contributed by atoms with E-state index in [-0.39, 0.29) is 18.0 Å². The molecule has 1 aliphatic rings. The highest BCUT2D eigenvalue weighted by atomic mass is 16.2. The Bertz CT molecular complexity index is 349. The van der Waals surface area contributed by atoms with E-state index >= 15 is 0 Å². The van der Waals surface area contributed by atoms with Gasteiger partial charge in [0.2, 0.25) is 5.91 Å². The number of hydrogen-bond acceptors (Lipinski definition) is 2. The second-order valence-electron chi connectivity index (χ2n) is 3.37. The Kier molecular flexibility index (Phi) is 1.81. The largest absolute Gasteiger partial charge is 0.346 e. The number of amides is 1. The van der Waals surface area contributed by atoms with Gasteiger partial charge in [-0.3, -0.25) is 4.79 Å². The summed E-state index contributed by atoms with van der Waals surface area (Å²) >= 11 is 0. The molecule has 0 saturated carbocycles. The van der Waals surface area contributed by atoms with E-state index in [9.17, 15) is 4.79 Å². The van der Waals surface area contributed by atoms with Crippen LogP contribution in [0.2, 0.25) is 0 Å². The van der Waals surface area contributed by atoms with Crippen molar-refractivity contribution in [3.8, 4) is 0 Å². The van der Waals surface area contributed by atoms with Crippen molar-refractivity contribution in [2.45, 2.75) is 19.0 Å². The van der Waals surface area contributed by atoms with Crippen LogP contribution in [0.25, 0.3) is 0 Å². The molecule has 1 fully saturated rings. The molecular formula is C10H12N2O. The van der Waals surface area contributed by atoms with Crippen molar-refractivity contribution in [1.82, 2.24) is 5.32 Å². The molecule has 1 saturated heterocycles. The van der Waals surface area contributed by atoms with E-state index in [0.717, 1.165) is 5.56 Å². The highest BCUT2D eigenvalue weighted by Gasteiger charge is 2.37. The number of aryl methyl sites for hydroxylation is 1. The second-order valence-corrected chi connectivity index (χ2v) is 3.37. The van der Waals surface area contributed by atoms with Crippen LogP contribution >= 0.6 is 0 Å². The monoisotopic (exact) mass is 176 g/mol. The number of benzene rings is 1. The normalized spacial score (nSPS) is 26.5. The molecule has 3 heteroatoms. The molecule has 0 radical (unpaired) electrons. The molecule has 0 aromatic heterocycles. The van der Waals surface area contributed by atoms with Crippen LogP contribution in [0, 0.1) is 6.92 Å². The van der Waals surface area contributed by atoms with Crippen molar-refractivity contribution < 1.29 is 4.79 Å². The SMILES string of the molecule is Cc1ccccc1C1NC(=O)C1N. The number of nitrogens with one attached hydrogen (secondary N) is 1. The van der Waals surface area contributed by atoms with E-state index in [1.54, 1.807) is 0 Å². The smallest absolute Gasteiger partial charge is 0.239 e. The Labute approximate surface area is 76.9 Å². The fourth-order valence-electron chi connectivity index (χ4n) is 1.60. The number of β-lactam (4-membered cyclic amide) rings is 1. The Hall–Kier alpha value is -1.35. The van der Waals surface area contributed by atoms with Crippen LogP contribution < -0.4 is 11.1 Å². The summed E-state index contributed by atoms with van der Waals surface area (Å²) in [6.45, 7) is 2.02. The summed E-state index contributed by atoms with van der Waals surface area (Å²) in [5.74, 6) is -0.0618. The maximum Gasteiger partial charge on any atom is 0.239 e. The van der Waals surface area contributed by atoms with E-state index in [1.165, 1.54) is 5.56 Å². The van der Waals surface area contributed by atoms with Gasteiger partial charge in [-0.05, 0) is 18.1 Å². The Morgan fingerprint density at radius 2 is 2.08 bits per heavy atom. The van der Waals surface area contributed by atoms with Gasteiger partial charge in [-0.1, -0.05) is 24.3 Å². The molecule has 1 amide bonds. The highest BCUT2D eigenvalue weighted by molar-refractivity contribution is 5.89. The Morgan fingerprint density at radius 3 is 2.62 bits per heavy atom. The van der Waals surface area contributed by atoms with Gasteiger partial charge in [-0.15, -0.1) is 0 Å². The Morgan fingerprint density at radius 1 is 1.38 bits per heavy atom. The second kappa shape index (κ2) is 2.85. The minimum atomic E-state index is -0.374. The summed E-state index contributed by atoms with van der Waals surface area (Å²) in [7, 11) is 0. The fourth-order valence-corrected chi connectivity index (χ4v) is 1.60. The van der Waals surface area contributed by atoms with Gasteiger partial charge in [0, 0.05) is 0 Å². The molecule has 0 bridgehead atoms. The first-order valence-corrected chi connectivity index (χ1v) is 4.31. The summed E-state index contributed by atoms with van der Waals surface area (Å²) in [6, 6.07) is 7.59. The van der Waals surface area contributed by atoms with E-state index in [2.05, 4.69) is 5.32 Å². The highest BCUT2D eigenvalue weighted by Crippen LogP contribution is 2.25. The van der Waals surface area contributed by atoms with Gasteiger partial charge in [0.15, 0.2) is 0 Å². The molecular weight excluding hydrogens is 164 g/mol. The van der Waals surface area contributed by atoms with Crippen LogP contribution in [0.4, 0.5) is 0 Å². The zero-order valence-electron chi connectivity index (χ0n) is 7.45. The molecule has 2 rings (SSSR count). The van der Waals surface area contributed by atoms with Crippen molar-refractivity contribution in [3.63, 3.8) is 0 Å². The van der Waals surface area contributed by atoms with Gasteiger partial charge in [0.05, 0.1) is 6.04 Å². The van der Waals surface area contributed by atoms with E-state index < -0.39 is 0 Å². The van der Waals surface area contributed by atoms with Crippen LogP contribution in [-0.4, -0.2) is 11.9 Å². The van der Waals surface area contributed by atoms with Crippen molar-refractivity contribution in [2.75, 3.05) is 0 Å². The summed E-state index contributed by atoms with van der Waals surface area (Å²) in [6.07, 6.45) is 0. The van der Waals surface area contributed by atoms with Crippen molar-refractivity contribution in [2.24, 2.45) is 5.73 Å². The molecule has 13 heavy (non-hydrogen) atoms. The van der Waals surface area contributed by atoms with Gasteiger partial charge in [-0.2, -0.15) is 0 Å². The number of hydrogen-bond donors (Lipinski definition) is 2. The molecule has 1 aromatic rings. The topological polar surface area (TPSA) is 55.1 Å².